The monoisotopic (exact) mass is 434 g/mol. The minimum absolute atomic E-state index is 0.0131. The largest absolute Gasteiger partial charge is 0.491 e. The Labute approximate surface area is 188 Å². The molecule has 0 aliphatic carbocycles. The van der Waals surface area contributed by atoms with Crippen LogP contribution in [0.15, 0.2) is 54.7 Å². The summed E-state index contributed by atoms with van der Waals surface area (Å²) in [5, 5.41) is 25.5. The van der Waals surface area contributed by atoms with Gasteiger partial charge in [0, 0.05) is 41.8 Å². The second-order valence-corrected chi connectivity index (χ2v) is 7.82. The van der Waals surface area contributed by atoms with Crippen molar-refractivity contribution in [1.29, 1.82) is 5.41 Å². The van der Waals surface area contributed by atoms with E-state index in [0.717, 1.165) is 54.3 Å². The molecule has 0 saturated carbocycles. The average molecular weight is 435 g/mol. The van der Waals surface area contributed by atoms with Crippen molar-refractivity contribution >= 4 is 11.4 Å². The van der Waals surface area contributed by atoms with Gasteiger partial charge in [-0.3, -0.25) is 0 Å². The number of anilines is 1. The van der Waals surface area contributed by atoms with Gasteiger partial charge in [-0.15, -0.1) is 0 Å². The lowest BCUT2D eigenvalue weighted by Gasteiger charge is -2.26. The summed E-state index contributed by atoms with van der Waals surface area (Å²) in [5.41, 5.74) is 5.48. The Morgan fingerprint density at radius 3 is 2.69 bits per heavy atom. The van der Waals surface area contributed by atoms with Gasteiger partial charge in [0.25, 0.3) is 0 Å². The Morgan fingerprint density at radius 2 is 1.97 bits per heavy atom. The summed E-state index contributed by atoms with van der Waals surface area (Å²) in [6, 6.07) is 16.2. The van der Waals surface area contributed by atoms with E-state index < -0.39 is 0 Å². The quantitative estimate of drug-likeness (QED) is 0.437. The number of rotatable bonds is 9. The van der Waals surface area contributed by atoms with E-state index in [1.807, 2.05) is 48.0 Å². The van der Waals surface area contributed by atoms with Crippen LogP contribution in [0.1, 0.15) is 31.7 Å². The molecule has 2 aromatic carbocycles. The molecule has 0 radical (unpaired) electrons. The Morgan fingerprint density at radius 1 is 1.19 bits per heavy atom. The van der Waals surface area contributed by atoms with Crippen LogP contribution in [0.3, 0.4) is 0 Å². The van der Waals surface area contributed by atoms with Crippen LogP contribution >= 0.6 is 0 Å². The van der Waals surface area contributed by atoms with Crippen LogP contribution < -0.4 is 10.1 Å². The van der Waals surface area contributed by atoms with Gasteiger partial charge in [0.1, 0.15) is 12.4 Å². The number of hydrogen-bond donors (Lipinski definition) is 3. The molecule has 1 saturated heterocycles. The third kappa shape index (κ3) is 5.00. The Balaban J connectivity index is 1.64. The Hall–Kier alpha value is -3.16. The molecule has 0 spiro atoms. The number of aliphatic hydroxyl groups is 1. The standard InChI is InChI=1S/C25H30N4O3/c1-2-23(26)22-8-3-18(17-24(22)28-19-10-14-31-15-11-19)25-9-12-27-29(25)20-4-6-21(7-5-20)32-16-13-30/h3-9,12,17,19,26,28,30H,2,10-11,13-16H2,1H3. The van der Waals surface area contributed by atoms with Gasteiger partial charge in [-0.1, -0.05) is 19.1 Å². The smallest absolute Gasteiger partial charge is 0.119 e. The van der Waals surface area contributed by atoms with Gasteiger partial charge in [-0.25, -0.2) is 4.68 Å². The summed E-state index contributed by atoms with van der Waals surface area (Å²) in [4.78, 5) is 0. The van der Waals surface area contributed by atoms with Gasteiger partial charge in [0.15, 0.2) is 0 Å². The van der Waals surface area contributed by atoms with Crippen LogP contribution in [0.5, 0.6) is 5.75 Å². The van der Waals surface area contributed by atoms with Gasteiger partial charge in [-0.05, 0) is 55.7 Å². The minimum Gasteiger partial charge on any atom is -0.491 e. The van der Waals surface area contributed by atoms with E-state index in [1.54, 1.807) is 6.20 Å². The molecule has 0 atom stereocenters. The first kappa shape index (κ1) is 22.0. The van der Waals surface area contributed by atoms with Crippen molar-refractivity contribution in [1.82, 2.24) is 9.78 Å². The zero-order valence-electron chi connectivity index (χ0n) is 18.4. The number of aromatic nitrogens is 2. The molecule has 168 valence electrons. The SMILES string of the molecule is CCC(=N)c1ccc(-c2ccnn2-c2ccc(OCCO)cc2)cc1NC1CCOCC1. The predicted molar refractivity (Wildman–Crippen MR) is 126 cm³/mol. The first-order valence-corrected chi connectivity index (χ1v) is 11.1. The molecule has 3 N–H and O–H groups in total. The highest BCUT2D eigenvalue weighted by molar-refractivity contribution is 6.03. The van der Waals surface area contributed by atoms with E-state index in [1.165, 1.54) is 0 Å². The minimum atomic E-state index is -0.0131. The van der Waals surface area contributed by atoms with E-state index in [4.69, 9.17) is 20.0 Å². The number of nitrogens with one attached hydrogen (secondary N) is 2. The fraction of sp³-hybridized carbons (Fsp3) is 0.360. The normalized spacial score (nSPS) is 14.3. The molecule has 0 bridgehead atoms. The maximum absolute atomic E-state index is 8.93. The third-order valence-corrected chi connectivity index (χ3v) is 5.66. The molecule has 7 heteroatoms. The third-order valence-electron chi connectivity index (χ3n) is 5.66. The molecule has 1 aliphatic rings. The highest BCUT2D eigenvalue weighted by atomic mass is 16.5. The molecule has 4 rings (SSSR count). The van der Waals surface area contributed by atoms with Crippen molar-refractivity contribution in [2.24, 2.45) is 0 Å². The lowest BCUT2D eigenvalue weighted by Crippen LogP contribution is -2.28. The molecule has 0 unspecified atom stereocenters. The van der Waals surface area contributed by atoms with Crippen LogP contribution in [0.2, 0.25) is 0 Å². The second-order valence-electron chi connectivity index (χ2n) is 7.82. The molecule has 1 aliphatic heterocycles. The van der Waals surface area contributed by atoms with Gasteiger partial charge in [0.05, 0.1) is 24.2 Å². The van der Waals surface area contributed by atoms with Crippen molar-refractivity contribution in [3.8, 4) is 22.7 Å². The molecule has 3 aromatic rings. The molecule has 1 fully saturated rings. The number of ether oxygens (including phenoxy) is 2. The highest BCUT2D eigenvalue weighted by Gasteiger charge is 2.18. The van der Waals surface area contributed by atoms with Gasteiger partial charge >= 0.3 is 0 Å². The zero-order chi connectivity index (χ0) is 22.3. The fourth-order valence-corrected chi connectivity index (χ4v) is 3.91. The van der Waals surface area contributed by atoms with Crippen molar-refractivity contribution in [3.05, 3.63) is 60.3 Å². The Bertz CT molecular complexity index is 1040. The van der Waals surface area contributed by atoms with Crippen molar-refractivity contribution in [2.75, 3.05) is 31.7 Å². The van der Waals surface area contributed by atoms with Crippen LogP contribution in [0.4, 0.5) is 5.69 Å². The van der Waals surface area contributed by atoms with Gasteiger partial charge < -0.3 is 25.3 Å². The maximum Gasteiger partial charge on any atom is 0.119 e. The highest BCUT2D eigenvalue weighted by Crippen LogP contribution is 2.30. The summed E-state index contributed by atoms with van der Waals surface area (Å²) in [6.45, 7) is 3.80. The van der Waals surface area contributed by atoms with Crippen molar-refractivity contribution in [3.63, 3.8) is 0 Å². The van der Waals surface area contributed by atoms with Crippen LogP contribution in [-0.4, -0.2) is 53.1 Å². The zero-order valence-corrected chi connectivity index (χ0v) is 18.4. The maximum atomic E-state index is 8.93. The van der Waals surface area contributed by atoms with Crippen molar-refractivity contribution < 1.29 is 14.6 Å². The molecular weight excluding hydrogens is 404 g/mol. The average Bonchev–Trinajstić information content (AvgIpc) is 3.33. The van der Waals surface area contributed by atoms with Gasteiger partial charge in [0.2, 0.25) is 0 Å². The summed E-state index contributed by atoms with van der Waals surface area (Å²) in [6.07, 6.45) is 4.40. The topological polar surface area (TPSA) is 92.4 Å². The fourth-order valence-electron chi connectivity index (χ4n) is 3.91. The second kappa shape index (κ2) is 10.4. The molecule has 32 heavy (non-hydrogen) atoms. The van der Waals surface area contributed by atoms with Crippen molar-refractivity contribution in [2.45, 2.75) is 32.2 Å². The summed E-state index contributed by atoms with van der Waals surface area (Å²) < 4.78 is 12.9. The van der Waals surface area contributed by atoms with E-state index >= 15 is 0 Å². The lowest BCUT2D eigenvalue weighted by atomic mass is 10.00. The van der Waals surface area contributed by atoms with Gasteiger partial charge in [-0.2, -0.15) is 5.10 Å². The van der Waals surface area contributed by atoms with Crippen LogP contribution in [-0.2, 0) is 4.74 Å². The van der Waals surface area contributed by atoms with Crippen LogP contribution in [0.25, 0.3) is 16.9 Å². The Kier molecular flexibility index (Phi) is 7.19. The first-order chi connectivity index (χ1) is 15.7. The number of hydrogen-bond acceptors (Lipinski definition) is 6. The first-order valence-electron chi connectivity index (χ1n) is 11.1. The molecular formula is C25H30N4O3. The number of benzene rings is 2. The molecule has 2 heterocycles. The summed E-state index contributed by atoms with van der Waals surface area (Å²) >= 11 is 0. The molecule has 7 nitrogen and oxygen atoms in total. The molecule has 0 amide bonds. The summed E-state index contributed by atoms with van der Waals surface area (Å²) in [7, 11) is 0. The number of aliphatic hydroxyl groups excluding tert-OH is 1. The summed E-state index contributed by atoms with van der Waals surface area (Å²) in [5.74, 6) is 0.710. The van der Waals surface area contributed by atoms with E-state index in [0.29, 0.717) is 23.9 Å². The van der Waals surface area contributed by atoms with E-state index in [2.05, 4.69) is 22.5 Å². The van der Waals surface area contributed by atoms with E-state index in [9.17, 15) is 0 Å². The predicted octanol–water partition coefficient (Wildman–Crippen LogP) is 4.28. The molecule has 1 aromatic heterocycles. The van der Waals surface area contributed by atoms with Crippen LogP contribution in [0, 0.1) is 5.41 Å². The lowest BCUT2D eigenvalue weighted by molar-refractivity contribution is 0.0904. The number of nitrogens with zero attached hydrogens (tertiary/aromatic N) is 2. The van der Waals surface area contributed by atoms with E-state index in [-0.39, 0.29) is 13.2 Å².